The molecule has 0 aliphatic rings. The molecule has 0 heterocycles. The lowest BCUT2D eigenvalue weighted by Crippen LogP contribution is -2.27. The van der Waals surface area contributed by atoms with E-state index in [1.54, 1.807) is 19.2 Å². The summed E-state index contributed by atoms with van der Waals surface area (Å²) in [6, 6.07) is 5.38. The van der Waals surface area contributed by atoms with Gasteiger partial charge in [-0.1, -0.05) is 23.7 Å². The van der Waals surface area contributed by atoms with Gasteiger partial charge in [-0.15, -0.1) is 0 Å². The second kappa shape index (κ2) is 6.47. The minimum Gasteiger partial charge on any atom is -0.392 e. The highest BCUT2D eigenvalue weighted by atomic mass is 35.5. The molecule has 17 heavy (non-hydrogen) atoms. The number of para-hydroxylation sites is 1. The molecule has 0 saturated heterocycles. The maximum absolute atomic E-state index is 11.2. The molecular formula is C12H17ClN2O2. The summed E-state index contributed by atoms with van der Waals surface area (Å²) in [5.41, 5.74) is 1.54. The molecule has 0 unspecified atom stereocenters. The number of carbonyl (C=O) groups is 1. The lowest BCUT2D eigenvalue weighted by atomic mass is 10.1. The average molecular weight is 257 g/mol. The molecule has 1 aromatic rings. The quantitative estimate of drug-likeness (QED) is 0.838. The summed E-state index contributed by atoms with van der Waals surface area (Å²) in [5, 5.41) is 12.4. The van der Waals surface area contributed by atoms with E-state index in [0.29, 0.717) is 18.0 Å². The molecule has 1 rings (SSSR count). The fraction of sp³-hybridized carbons (Fsp3) is 0.417. The van der Waals surface area contributed by atoms with Crippen LogP contribution in [0.15, 0.2) is 18.2 Å². The lowest BCUT2D eigenvalue weighted by Gasteiger charge is -2.22. The molecule has 0 bridgehead atoms. The van der Waals surface area contributed by atoms with Crippen molar-refractivity contribution in [2.24, 2.45) is 0 Å². The van der Waals surface area contributed by atoms with Crippen LogP contribution in [0.5, 0.6) is 0 Å². The van der Waals surface area contributed by atoms with E-state index in [1.807, 2.05) is 18.0 Å². The second-order valence-corrected chi connectivity index (χ2v) is 4.16. The number of hydrogen-bond acceptors (Lipinski definition) is 3. The van der Waals surface area contributed by atoms with E-state index < -0.39 is 0 Å². The summed E-state index contributed by atoms with van der Waals surface area (Å²) in [4.78, 5) is 13.0. The first-order valence-corrected chi connectivity index (χ1v) is 5.78. The standard InChI is InChI=1S/C12H17ClN2O2/c1-14-11(17)6-7-15(2)12-9(8-16)4-3-5-10(12)13/h3-5,16H,6-8H2,1-2H3,(H,14,17). The molecule has 1 amide bonds. The summed E-state index contributed by atoms with van der Waals surface area (Å²) in [6.07, 6.45) is 0.392. The number of aliphatic hydroxyl groups excluding tert-OH is 1. The number of rotatable bonds is 5. The van der Waals surface area contributed by atoms with Gasteiger partial charge in [-0.25, -0.2) is 0 Å². The molecule has 0 aliphatic carbocycles. The lowest BCUT2D eigenvalue weighted by molar-refractivity contribution is -0.120. The molecule has 0 atom stereocenters. The van der Waals surface area contributed by atoms with Crippen LogP contribution in [-0.4, -0.2) is 31.7 Å². The zero-order chi connectivity index (χ0) is 12.8. The number of amides is 1. The molecule has 5 heteroatoms. The smallest absolute Gasteiger partial charge is 0.221 e. The summed E-state index contributed by atoms with van der Waals surface area (Å²) < 4.78 is 0. The van der Waals surface area contributed by atoms with E-state index in [2.05, 4.69) is 5.32 Å². The van der Waals surface area contributed by atoms with Crippen LogP contribution >= 0.6 is 11.6 Å². The van der Waals surface area contributed by atoms with E-state index in [0.717, 1.165) is 11.3 Å². The number of nitrogens with zero attached hydrogens (tertiary/aromatic N) is 1. The van der Waals surface area contributed by atoms with Crippen LogP contribution in [-0.2, 0) is 11.4 Å². The van der Waals surface area contributed by atoms with Gasteiger partial charge in [-0.3, -0.25) is 4.79 Å². The van der Waals surface area contributed by atoms with Gasteiger partial charge in [0.05, 0.1) is 17.3 Å². The van der Waals surface area contributed by atoms with Crippen molar-refractivity contribution in [3.8, 4) is 0 Å². The Bertz CT molecular complexity index is 396. The van der Waals surface area contributed by atoms with Gasteiger partial charge in [0, 0.05) is 32.6 Å². The monoisotopic (exact) mass is 256 g/mol. The Balaban J connectivity index is 2.80. The Labute approximate surface area is 106 Å². The van der Waals surface area contributed by atoms with Crippen LogP contribution in [0.1, 0.15) is 12.0 Å². The third kappa shape index (κ3) is 3.61. The van der Waals surface area contributed by atoms with Crippen LogP contribution in [0, 0.1) is 0 Å². The minimum atomic E-state index is -0.0692. The largest absolute Gasteiger partial charge is 0.392 e. The summed E-state index contributed by atoms with van der Waals surface area (Å²) >= 11 is 6.10. The zero-order valence-electron chi connectivity index (χ0n) is 10.0. The normalized spacial score (nSPS) is 10.1. The first-order chi connectivity index (χ1) is 8.10. The molecule has 0 aliphatic heterocycles. The first-order valence-electron chi connectivity index (χ1n) is 5.40. The predicted molar refractivity (Wildman–Crippen MR) is 69.3 cm³/mol. The third-order valence-electron chi connectivity index (χ3n) is 2.58. The fourth-order valence-electron chi connectivity index (χ4n) is 1.62. The van der Waals surface area contributed by atoms with Gasteiger partial charge in [0.15, 0.2) is 0 Å². The van der Waals surface area contributed by atoms with Crippen LogP contribution < -0.4 is 10.2 Å². The van der Waals surface area contributed by atoms with Gasteiger partial charge in [-0.05, 0) is 6.07 Å². The zero-order valence-corrected chi connectivity index (χ0v) is 10.8. The van der Waals surface area contributed by atoms with Crippen molar-refractivity contribution in [2.75, 3.05) is 25.5 Å². The van der Waals surface area contributed by atoms with Gasteiger partial charge in [-0.2, -0.15) is 0 Å². The topological polar surface area (TPSA) is 52.6 Å². The molecule has 4 nitrogen and oxygen atoms in total. The van der Waals surface area contributed by atoms with Gasteiger partial charge in [0.1, 0.15) is 0 Å². The SMILES string of the molecule is CNC(=O)CCN(C)c1c(Cl)cccc1CO. The maximum atomic E-state index is 11.2. The van der Waals surface area contributed by atoms with E-state index in [1.165, 1.54) is 0 Å². The molecule has 0 radical (unpaired) electrons. The Morgan fingerprint density at radius 1 is 1.53 bits per heavy atom. The Hall–Kier alpha value is -1.26. The highest BCUT2D eigenvalue weighted by molar-refractivity contribution is 6.33. The molecule has 94 valence electrons. The molecule has 0 aromatic heterocycles. The van der Waals surface area contributed by atoms with Crippen molar-refractivity contribution in [3.05, 3.63) is 28.8 Å². The summed E-state index contributed by atoms with van der Waals surface area (Å²) in [5.74, 6) is -0.0190. The van der Waals surface area contributed by atoms with E-state index in [4.69, 9.17) is 11.6 Å². The number of halogens is 1. The average Bonchev–Trinajstić information content (AvgIpc) is 2.34. The Kier molecular flexibility index (Phi) is 5.25. The molecular weight excluding hydrogens is 240 g/mol. The predicted octanol–water partition coefficient (Wildman–Crippen LogP) is 1.40. The number of aliphatic hydroxyl groups is 1. The van der Waals surface area contributed by atoms with E-state index in [9.17, 15) is 9.90 Å². The maximum Gasteiger partial charge on any atom is 0.221 e. The molecule has 2 N–H and O–H groups in total. The number of benzene rings is 1. The molecule has 0 spiro atoms. The van der Waals surface area contributed by atoms with Gasteiger partial charge in [0.25, 0.3) is 0 Å². The first kappa shape index (κ1) is 13.8. The van der Waals surface area contributed by atoms with Crippen molar-refractivity contribution < 1.29 is 9.90 Å². The summed E-state index contributed by atoms with van der Waals surface area (Å²) in [7, 11) is 3.46. The van der Waals surface area contributed by atoms with E-state index in [-0.39, 0.29) is 12.5 Å². The van der Waals surface area contributed by atoms with Crippen molar-refractivity contribution in [3.63, 3.8) is 0 Å². The Morgan fingerprint density at radius 3 is 2.82 bits per heavy atom. The number of hydrogen-bond donors (Lipinski definition) is 2. The second-order valence-electron chi connectivity index (χ2n) is 3.75. The fourth-order valence-corrected chi connectivity index (χ4v) is 1.96. The highest BCUT2D eigenvalue weighted by Crippen LogP contribution is 2.29. The van der Waals surface area contributed by atoms with Crippen LogP contribution in [0.4, 0.5) is 5.69 Å². The van der Waals surface area contributed by atoms with Crippen molar-refractivity contribution in [2.45, 2.75) is 13.0 Å². The minimum absolute atomic E-state index is 0.0190. The van der Waals surface area contributed by atoms with Crippen molar-refractivity contribution in [1.29, 1.82) is 0 Å². The number of nitrogens with one attached hydrogen (secondary N) is 1. The van der Waals surface area contributed by atoms with Gasteiger partial charge < -0.3 is 15.3 Å². The van der Waals surface area contributed by atoms with Crippen molar-refractivity contribution >= 4 is 23.2 Å². The highest BCUT2D eigenvalue weighted by Gasteiger charge is 2.11. The van der Waals surface area contributed by atoms with Crippen molar-refractivity contribution in [1.82, 2.24) is 5.32 Å². The molecule has 0 fully saturated rings. The third-order valence-corrected chi connectivity index (χ3v) is 2.88. The molecule has 1 aromatic carbocycles. The van der Waals surface area contributed by atoms with Crippen LogP contribution in [0.25, 0.3) is 0 Å². The summed E-state index contributed by atoms with van der Waals surface area (Å²) in [6.45, 7) is 0.483. The Morgan fingerprint density at radius 2 is 2.24 bits per heavy atom. The number of anilines is 1. The van der Waals surface area contributed by atoms with E-state index >= 15 is 0 Å². The van der Waals surface area contributed by atoms with Gasteiger partial charge in [0.2, 0.25) is 5.91 Å². The number of carbonyl (C=O) groups excluding carboxylic acids is 1. The van der Waals surface area contributed by atoms with Gasteiger partial charge >= 0.3 is 0 Å². The van der Waals surface area contributed by atoms with Crippen LogP contribution in [0.3, 0.4) is 0 Å². The van der Waals surface area contributed by atoms with Crippen LogP contribution in [0.2, 0.25) is 5.02 Å². The molecule has 0 saturated carbocycles.